The van der Waals surface area contributed by atoms with E-state index in [1.807, 2.05) is 4.90 Å². The van der Waals surface area contributed by atoms with Gasteiger partial charge in [0.1, 0.15) is 0 Å². The molecule has 0 aromatic heterocycles. The van der Waals surface area contributed by atoms with Gasteiger partial charge in [-0.3, -0.25) is 9.79 Å². The van der Waals surface area contributed by atoms with Crippen LogP contribution in [0.1, 0.15) is 58.3 Å². The minimum Gasteiger partial charge on any atom is -0.381 e. The van der Waals surface area contributed by atoms with Gasteiger partial charge in [0, 0.05) is 59.4 Å². The standard InChI is InChI=1S/C20H38N4O2.HI/c1-3-21-20(23(2)15-9-18-10-16-26-17-11-18)22-12-7-14-24-13-6-4-5-8-19(24)25;/h18H,3-17H2,1-2H3,(H,21,22);1H. The Morgan fingerprint density at radius 2 is 2.07 bits per heavy atom. The molecule has 2 aliphatic heterocycles. The predicted molar refractivity (Wildman–Crippen MR) is 122 cm³/mol. The number of nitrogens with one attached hydrogen (secondary N) is 1. The molecule has 2 aliphatic rings. The molecule has 1 amide bonds. The van der Waals surface area contributed by atoms with Gasteiger partial charge >= 0.3 is 0 Å². The third-order valence-corrected chi connectivity index (χ3v) is 5.43. The molecule has 0 unspecified atom stereocenters. The maximum absolute atomic E-state index is 12.0. The third-order valence-electron chi connectivity index (χ3n) is 5.43. The van der Waals surface area contributed by atoms with Crippen LogP contribution in [0.25, 0.3) is 0 Å². The van der Waals surface area contributed by atoms with Gasteiger partial charge in [-0.25, -0.2) is 0 Å². The summed E-state index contributed by atoms with van der Waals surface area (Å²) in [5.41, 5.74) is 0. The zero-order chi connectivity index (χ0) is 18.6. The van der Waals surface area contributed by atoms with E-state index in [2.05, 4.69) is 24.2 Å². The molecule has 2 saturated heterocycles. The normalized spacial score (nSPS) is 19.4. The summed E-state index contributed by atoms with van der Waals surface area (Å²) >= 11 is 0. The fourth-order valence-corrected chi connectivity index (χ4v) is 3.71. The lowest BCUT2D eigenvalue weighted by molar-refractivity contribution is -0.130. The Morgan fingerprint density at radius 3 is 2.81 bits per heavy atom. The second-order valence-electron chi connectivity index (χ2n) is 7.55. The SMILES string of the molecule is CCNC(=NCCCN1CCCCCC1=O)N(C)CCC1CCOCC1.I. The Morgan fingerprint density at radius 1 is 1.30 bits per heavy atom. The minimum atomic E-state index is 0. The lowest BCUT2D eigenvalue weighted by atomic mass is 9.96. The minimum absolute atomic E-state index is 0. The molecule has 158 valence electrons. The molecule has 0 bridgehead atoms. The molecule has 0 saturated carbocycles. The van der Waals surface area contributed by atoms with Gasteiger partial charge in [-0.2, -0.15) is 0 Å². The number of hydrogen-bond acceptors (Lipinski definition) is 3. The Kier molecular flexibility index (Phi) is 13.1. The van der Waals surface area contributed by atoms with E-state index in [0.29, 0.717) is 5.91 Å². The van der Waals surface area contributed by atoms with Crippen LogP contribution < -0.4 is 5.32 Å². The second-order valence-corrected chi connectivity index (χ2v) is 7.55. The molecule has 0 aliphatic carbocycles. The predicted octanol–water partition coefficient (Wildman–Crippen LogP) is 3.11. The number of aliphatic imine (C=N–C) groups is 1. The molecule has 0 atom stereocenters. The molecule has 7 heteroatoms. The molecule has 6 nitrogen and oxygen atoms in total. The van der Waals surface area contributed by atoms with Crippen LogP contribution in [0, 0.1) is 5.92 Å². The lowest BCUT2D eigenvalue weighted by Gasteiger charge is -2.27. The van der Waals surface area contributed by atoms with E-state index in [-0.39, 0.29) is 24.0 Å². The maximum atomic E-state index is 12.0. The first-order valence-electron chi connectivity index (χ1n) is 10.6. The first-order valence-corrected chi connectivity index (χ1v) is 10.6. The highest BCUT2D eigenvalue weighted by molar-refractivity contribution is 14.0. The van der Waals surface area contributed by atoms with Crippen LogP contribution in [0.2, 0.25) is 0 Å². The molecule has 2 rings (SSSR count). The maximum Gasteiger partial charge on any atom is 0.222 e. The number of carbonyl (C=O) groups is 1. The first-order chi connectivity index (χ1) is 12.7. The summed E-state index contributed by atoms with van der Waals surface area (Å²) in [6.07, 6.45) is 8.62. The molecule has 2 heterocycles. The molecular formula is C20H39IN4O2. The summed E-state index contributed by atoms with van der Waals surface area (Å²) in [6, 6.07) is 0. The van der Waals surface area contributed by atoms with E-state index in [1.54, 1.807) is 0 Å². The molecule has 27 heavy (non-hydrogen) atoms. The van der Waals surface area contributed by atoms with E-state index >= 15 is 0 Å². The lowest BCUT2D eigenvalue weighted by Crippen LogP contribution is -2.40. The number of rotatable bonds is 8. The summed E-state index contributed by atoms with van der Waals surface area (Å²) in [5, 5.41) is 3.40. The highest BCUT2D eigenvalue weighted by Crippen LogP contribution is 2.18. The summed E-state index contributed by atoms with van der Waals surface area (Å²) in [4.78, 5) is 21.1. The number of nitrogens with zero attached hydrogens (tertiary/aromatic N) is 3. The van der Waals surface area contributed by atoms with E-state index < -0.39 is 0 Å². The average molecular weight is 494 g/mol. The molecule has 0 radical (unpaired) electrons. The fourth-order valence-electron chi connectivity index (χ4n) is 3.71. The third kappa shape index (κ3) is 9.45. The Bertz CT molecular complexity index is 442. The highest BCUT2D eigenvalue weighted by Gasteiger charge is 2.17. The van der Waals surface area contributed by atoms with Crippen molar-refractivity contribution >= 4 is 35.8 Å². The Balaban J connectivity index is 0.00000364. The van der Waals surface area contributed by atoms with Crippen molar-refractivity contribution in [3.05, 3.63) is 0 Å². The average Bonchev–Trinajstić information content (AvgIpc) is 2.87. The first kappa shape index (κ1) is 24.5. The number of halogens is 1. The number of ether oxygens (including phenoxy) is 1. The monoisotopic (exact) mass is 494 g/mol. The van der Waals surface area contributed by atoms with Crippen molar-refractivity contribution in [2.24, 2.45) is 10.9 Å². The van der Waals surface area contributed by atoms with Crippen LogP contribution in [0.5, 0.6) is 0 Å². The molecule has 0 aromatic rings. The Labute approximate surface area is 182 Å². The molecule has 1 N–H and O–H groups in total. The zero-order valence-electron chi connectivity index (χ0n) is 17.3. The number of likely N-dealkylation sites (tertiary alicyclic amines) is 1. The zero-order valence-corrected chi connectivity index (χ0v) is 19.6. The van der Waals surface area contributed by atoms with Crippen LogP contribution in [-0.4, -0.2) is 74.7 Å². The molecular weight excluding hydrogens is 455 g/mol. The summed E-state index contributed by atoms with van der Waals surface area (Å²) < 4.78 is 5.45. The van der Waals surface area contributed by atoms with Crippen LogP contribution in [0.15, 0.2) is 4.99 Å². The molecule has 2 fully saturated rings. The van der Waals surface area contributed by atoms with Gasteiger partial charge in [-0.1, -0.05) is 6.42 Å². The smallest absolute Gasteiger partial charge is 0.222 e. The van der Waals surface area contributed by atoms with Crippen molar-refractivity contribution in [2.45, 2.75) is 58.3 Å². The van der Waals surface area contributed by atoms with E-state index in [4.69, 9.17) is 9.73 Å². The van der Waals surface area contributed by atoms with Gasteiger partial charge in [-0.15, -0.1) is 24.0 Å². The fraction of sp³-hybridized carbons (Fsp3) is 0.900. The van der Waals surface area contributed by atoms with Gasteiger partial charge in [-0.05, 0) is 51.4 Å². The quantitative estimate of drug-likeness (QED) is 0.244. The summed E-state index contributed by atoms with van der Waals surface area (Å²) in [5.74, 6) is 2.09. The van der Waals surface area contributed by atoms with Gasteiger partial charge in [0.25, 0.3) is 0 Å². The largest absolute Gasteiger partial charge is 0.381 e. The number of hydrogen-bond donors (Lipinski definition) is 1. The number of guanidine groups is 1. The molecule has 0 aromatic carbocycles. The Hall–Kier alpha value is -0.570. The van der Waals surface area contributed by atoms with E-state index in [1.165, 1.54) is 25.7 Å². The van der Waals surface area contributed by atoms with E-state index in [9.17, 15) is 4.79 Å². The number of amides is 1. The van der Waals surface area contributed by atoms with Crippen molar-refractivity contribution in [3.63, 3.8) is 0 Å². The van der Waals surface area contributed by atoms with Crippen molar-refractivity contribution in [2.75, 3.05) is 53.0 Å². The number of carbonyl (C=O) groups excluding carboxylic acids is 1. The summed E-state index contributed by atoms with van der Waals surface area (Å²) in [6.45, 7) is 8.38. The van der Waals surface area contributed by atoms with Crippen LogP contribution >= 0.6 is 24.0 Å². The van der Waals surface area contributed by atoms with Gasteiger partial charge in [0.05, 0.1) is 0 Å². The second kappa shape index (κ2) is 14.4. The van der Waals surface area contributed by atoms with Crippen LogP contribution in [-0.2, 0) is 9.53 Å². The van der Waals surface area contributed by atoms with Crippen molar-refractivity contribution in [1.82, 2.24) is 15.1 Å². The van der Waals surface area contributed by atoms with Crippen LogP contribution in [0.3, 0.4) is 0 Å². The van der Waals surface area contributed by atoms with Crippen molar-refractivity contribution < 1.29 is 9.53 Å². The topological polar surface area (TPSA) is 57.2 Å². The molecule has 0 spiro atoms. The van der Waals surface area contributed by atoms with Crippen molar-refractivity contribution in [3.8, 4) is 0 Å². The summed E-state index contributed by atoms with van der Waals surface area (Å²) in [7, 11) is 2.12. The van der Waals surface area contributed by atoms with Gasteiger partial charge < -0.3 is 19.9 Å². The van der Waals surface area contributed by atoms with Gasteiger partial charge in [0.15, 0.2) is 5.96 Å². The van der Waals surface area contributed by atoms with Gasteiger partial charge in [0.2, 0.25) is 5.91 Å². The van der Waals surface area contributed by atoms with Crippen molar-refractivity contribution in [1.29, 1.82) is 0 Å². The highest BCUT2D eigenvalue weighted by atomic mass is 127. The van der Waals surface area contributed by atoms with Crippen LogP contribution in [0.4, 0.5) is 0 Å². The van der Waals surface area contributed by atoms with E-state index in [0.717, 1.165) is 83.5 Å².